The molecule has 0 aliphatic heterocycles. The van der Waals surface area contributed by atoms with Crippen LogP contribution in [0.25, 0.3) is 0 Å². The minimum Gasteiger partial charge on any atom is -0.481 e. The molecule has 0 saturated heterocycles. The van der Waals surface area contributed by atoms with Crippen LogP contribution in [0.15, 0.2) is 30.5 Å². The molecule has 106 valence electrons. The van der Waals surface area contributed by atoms with E-state index >= 15 is 0 Å². The van der Waals surface area contributed by atoms with Crippen LogP contribution in [0.2, 0.25) is 0 Å². The minimum absolute atomic E-state index is 0.0416. The molecule has 0 fully saturated rings. The van der Waals surface area contributed by atoms with Crippen LogP contribution in [0.3, 0.4) is 0 Å². The Morgan fingerprint density at radius 1 is 1.30 bits per heavy atom. The van der Waals surface area contributed by atoms with E-state index in [1.54, 1.807) is 0 Å². The van der Waals surface area contributed by atoms with Gasteiger partial charge in [0, 0.05) is 17.5 Å². The molecule has 2 rings (SSSR count). The van der Waals surface area contributed by atoms with E-state index < -0.39 is 17.7 Å². The largest absolute Gasteiger partial charge is 0.481 e. The number of aliphatic carboxylic acids is 1. The van der Waals surface area contributed by atoms with Crippen LogP contribution in [-0.2, 0) is 23.8 Å². The number of hydrogen-bond donors (Lipinski definition) is 1. The highest BCUT2D eigenvalue weighted by molar-refractivity contribution is 7.11. The monoisotopic (exact) mass is 301 g/mol. The quantitative estimate of drug-likeness (QED) is 0.942. The van der Waals surface area contributed by atoms with Gasteiger partial charge < -0.3 is 5.11 Å². The van der Waals surface area contributed by atoms with Crippen LogP contribution in [0, 0.1) is 0 Å². The third-order valence-corrected chi connectivity index (χ3v) is 3.59. The van der Waals surface area contributed by atoms with Gasteiger partial charge in [-0.05, 0) is 11.6 Å². The summed E-state index contributed by atoms with van der Waals surface area (Å²) in [6, 6.07) is 5.31. The summed E-state index contributed by atoms with van der Waals surface area (Å²) in [5, 5.41) is 9.12. The van der Waals surface area contributed by atoms with Crippen molar-refractivity contribution in [2.75, 3.05) is 0 Å². The molecule has 0 bridgehead atoms. The van der Waals surface area contributed by atoms with Gasteiger partial charge in [-0.15, -0.1) is 11.3 Å². The standard InChI is InChI=1S/C13H10F3NO2S/c14-13(15,16)10-4-2-1-3-8(10)5-11-17-7-9(20-11)6-12(18)19/h1-4,7H,5-6H2,(H,18,19). The lowest BCUT2D eigenvalue weighted by molar-refractivity contribution is -0.138. The van der Waals surface area contributed by atoms with Crippen molar-refractivity contribution in [3.8, 4) is 0 Å². The second-order valence-electron chi connectivity index (χ2n) is 4.12. The van der Waals surface area contributed by atoms with Crippen LogP contribution >= 0.6 is 11.3 Å². The first-order valence-corrected chi connectivity index (χ1v) is 6.48. The molecule has 0 atom stereocenters. The van der Waals surface area contributed by atoms with E-state index in [0.717, 1.165) is 17.4 Å². The van der Waals surface area contributed by atoms with Gasteiger partial charge >= 0.3 is 12.1 Å². The van der Waals surface area contributed by atoms with Crippen molar-refractivity contribution >= 4 is 17.3 Å². The highest BCUT2D eigenvalue weighted by atomic mass is 32.1. The van der Waals surface area contributed by atoms with Crippen LogP contribution < -0.4 is 0 Å². The van der Waals surface area contributed by atoms with Gasteiger partial charge in [-0.2, -0.15) is 13.2 Å². The summed E-state index contributed by atoms with van der Waals surface area (Å²) in [4.78, 5) is 15.1. The third-order valence-electron chi connectivity index (χ3n) is 2.59. The molecule has 1 aromatic carbocycles. The molecule has 1 heterocycles. The lowest BCUT2D eigenvalue weighted by Gasteiger charge is -2.11. The summed E-state index contributed by atoms with van der Waals surface area (Å²) >= 11 is 1.12. The maximum atomic E-state index is 12.8. The maximum Gasteiger partial charge on any atom is 0.416 e. The molecular weight excluding hydrogens is 291 g/mol. The number of rotatable bonds is 4. The normalized spacial score (nSPS) is 11.6. The van der Waals surface area contributed by atoms with Crippen molar-refractivity contribution in [1.29, 1.82) is 0 Å². The number of aromatic nitrogens is 1. The second kappa shape index (κ2) is 5.62. The third kappa shape index (κ3) is 3.57. The van der Waals surface area contributed by atoms with E-state index in [9.17, 15) is 18.0 Å². The van der Waals surface area contributed by atoms with Crippen LogP contribution in [0.4, 0.5) is 13.2 Å². The summed E-state index contributed by atoms with van der Waals surface area (Å²) in [7, 11) is 0. The Kier molecular flexibility index (Phi) is 4.08. The van der Waals surface area contributed by atoms with Crippen LogP contribution in [0.1, 0.15) is 21.0 Å². The molecule has 0 unspecified atom stereocenters. The summed E-state index contributed by atoms with van der Waals surface area (Å²) in [6.45, 7) is 0. The Bertz CT molecular complexity index is 622. The number of hydrogen-bond acceptors (Lipinski definition) is 3. The van der Waals surface area contributed by atoms with Gasteiger partial charge in [0.05, 0.1) is 17.0 Å². The van der Waals surface area contributed by atoms with Gasteiger partial charge in [-0.1, -0.05) is 18.2 Å². The Morgan fingerprint density at radius 2 is 2.00 bits per heavy atom. The molecule has 0 aliphatic carbocycles. The van der Waals surface area contributed by atoms with Crippen molar-refractivity contribution in [1.82, 2.24) is 4.98 Å². The van der Waals surface area contributed by atoms with E-state index in [-0.39, 0.29) is 18.4 Å². The van der Waals surface area contributed by atoms with Crippen LogP contribution in [0.5, 0.6) is 0 Å². The number of thiazole rings is 1. The Balaban J connectivity index is 2.22. The second-order valence-corrected chi connectivity index (χ2v) is 5.32. The van der Waals surface area contributed by atoms with Crippen molar-refractivity contribution < 1.29 is 23.1 Å². The molecule has 0 saturated carbocycles. The molecule has 20 heavy (non-hydrogen) atoms. The van der Waals surface area contributed by atoms with Crippen molar-refractivity contribution in [2.24, 2.45) is 0 Å². The van der Waals surface area contributed by atoms with Gasteiger partial charge in [0.2, 0.25) is 0 Å². The molecule has 0 amide bonds. The van der Waals surface area contributed by atoms with Gasteiger partial charge in [-0.25, -0.2) is 4.98 Å². The Hall–Kier alpha value is -1.89. The summed E-state index contributed by atoms with van der Waals surface area (Å²) in [5.41, 5.74) is -0.550. The number of carboxylic acids is 1. The summed E-state index contributed by atoms with van der Waals surface area (Å²) in [6.07, 6.45) is -3.14. The van der Waals surface area contributed by atoms with Crippen molar-refractivity contribution in [3.05, 3.63) is 51.5 Å². The van der Waals surface area contributed by atoms with Crippen molar-refractivity contribution in [2.45, 2.75) is 19.0 Å². The molecule has 0 spiro atoms. The van der Waals surface area contributed by atoms with Gasteiger partial charge in [0.15, 0.2) is 0 Å². The number of halogens is 3. The average molecular weight is 301 g/mol. The van der Waals surface area contributed by atoms with Gasteiger partial charge in [0.25, 0.3) is 0 Å². The van der Waals surface area contributed by atoms with E-state index in [4.69, 9.17) is 5.11 Å². The van der Waals surface area contributed by atoms with Crippen LogP contribution in [-0.4, -0.2) is 16.1 Å². The first-order valence-electron chi connectivity index (χ1n) is 5.66. The highest BCUT2D eigenvalue weighted by Gasteiger charge is 2.32. The van der Waals surface area contributed by atoms with E-state index in [2.05, 4.69) is 4.98 Å². The Morgan fingerprint density at radius 3 is 2.65 bits per heavy atom. The molecule has 0 aliphatic rings. The van der Waals surface area contributed by atoms with Gasteiger partial charge in [-0.3, -0.25) is 4.79 Å². The molecule has 2 aromatic rings. The maximum absolute atomic E-state index is 12.8. The Labute approximate surface area is 116 Å². The zero-order chi connectivity index (χ0) is 14.8. The molecule has 0 radical (unpaired) electrons. The van der Waals surface area contributed by atoms with Crippen molar-refractivity contribution in [3.63, 3.8) is 0 Å². The number of alkyl halides is 3. The minimum atomic E-state index is -4.41. The number of nitrogens with zero attached hydrogens (tertiary/aromatic N) is 1. The topological polar surface area (TPSA) is 50.2 Å². The fourth-order valence-electron chi connectivity index (χ4n) is 1.77. The molecule has 3 nitrogen and oxygen atoms in total. The smallest absolute Gasteiger partial charge is 0.416 e. The van der Waals surface area contributed by atoms with E-state index in [1.165, 1.54) is 24.4 Å². The number of benzene rings is 1. The molecule has 1 N–H and O–H groups in total. The first kappa shape index (κ1) is 14.5. The van der Waals surface area contributed by atoms with E-state index in [1.807, 2.05) is 0 Å². The van der Waals surface area contributed by atoms with Gasteiger partial charge in [0.1, 0.15) is 0 Å². The zero-order valence-corrected chi connectivity index (χ0v) is 11.0. The van der Waals surface area contributed by atoms with E-state index in [0.29, 0.717) is 9.88 Å². The molecular formula is C13H10F3NO2S. The summed E-state index contributed by atoms with van der Waals surface area (Å²) < 4.78 is 38.5. The highest BCUT2D eigenvalue weighted by Crippen LogP contribution is 2.33. The summed E-state index contributed by atoms with van der Waals surface area (Å²) in [5.74, 6) is -0.990. The average Bonchev–Trinajstić information content (AvgIpc) is 2.75. The number of carboxylic acid groups (broad SMARTS) is 1. The lowest BCUT2D eigenvalue weighted by atomic mass is 10.0. The molecule has 7 heteroatoms. The predicted octanol–water partition coefficient (Wildman–Crippen LogP) is 3.38. The lowest BCUT2D eigenvalue weighted by Crippen LogP contribution is -2.09. The SMILES string of the molecule is O=C(O)Cc1cnc(Cc2ccccc2C(F)(F)F)s1. The predicted molar refractivity (Wildman–Crippen MR) is 67.7 cm³/mol. The zero-order valence-electron chi connectivity index (χ0n) is 10.1. The number of carbonyl (C=O) groups is 1. The fraction of sp³-hybridized carbons (Fsp3) is 0.231. The fourth-order valence-corrected chi connectivity index (χ4v) is 2.71. The molecule has 1 aromatic heterocycles. The first-order chi connectivity index (χ1) is 9.36.